The van der Waals surface area contributed by atoms with Gasteiger partial charge in [-0.2, -0.15) is 0 Å². The lowest BCUT2D eigenvalue weighted by Gasteiger charge is -2.05. The molecule has 0 amide bonds. The highest BCUT2D eigenvalue weighted by Gasteiger charge is 2.05. The first-order valence-corrected chi connectivity index (χ1v) is 7.81. The van der Waals surface area contributed by atoms with E-state index in [1.54, 1.807) is 13.2 Å². The number of benzene rings is 1. The standard InChI is InChI=1S/C17H24N2O2/c1-3-4-5-6-7-8-9-15-17(20)19-16-12-13(21-2)10-11-14(16)18-15/h10-12H,3-9H2,1-2H3,(H,19,20). The van der Waals surface area contributed by atoms with Crippen molar-refractivity contribution in [1.29, 1.82) is 0 Å². The summed E-state index contributed by atoms with van der Waals surface area (Å²) in [5.74, 6) is 0.726. The Morgan fingerprint density at radius 2 is 1.90 bits per heavy atom. The van der Waals surface area contributed by atoms with Crippen molar-refractivity contribution in [3.05, 3.63) is 34.2 Å². The van der Waals surface area contributed by atoms with Crippen molar-refractivity contribution in [2.75, 3.05) is 7.11 Å². The van der Waals surface area contributed by atoms with Crippen LogP contribution in [-0.2, 0) is 6.42 Å². The Hall–Kier alpha value is -1.84. The van der Waals surface area contributed by atoms with Crippen molar-refractivity contribution in [2.45, 2.75) is 51.9 Å². The molecule has 4 nitrogen and oxygen atoms in total. The lowest BCUT2D eigenvalue weighted by Crippen LogP contribution is -2.15. The number of nitrogens with one attached hydrogen (secondary N) is 1. The molecule has 2 rings (SSSR count). The number of aryl methyl sites for hydroxylation is 1. The van der Waals surface area contributed by atoms with Gasteiger partial charge in [0.1, 0.15) is 11.4 Å². The molecule has 0 saturated heterocycles. The highest BCUT2D eigenvalue weighted by Crippen LogP contribution is 2.16. The molecule has 4 heteroatoms. The van der Waals surface area contributed by atoms with Crippen molar-refractivity contribution in [2.24, 2.45) is 0 Å². The van der Waals surface area contributed by atoms with Gasteiger partial charge < -0.3 is 9.72 Å². The van der Waals surface area contributed by atoms with Crippen LogP contribution in [0.5, 0.6) is 5.75 Å². The Bertz CT molecular complexity index is 634. The van der Waals surface area contributed by atoms with Crippen LogP contribution in [-0.4, -0.2) is 17.1 Å². The Kier molecular flexibility index (Phi) is 5.78. The van der Waals surface area contributed by atoms with Gasteiger partial charge in [-0.1, -0.05) is 39.0 Å². The molecule has 0 saturated carbocycles. The van der Waals surface area contributed by atoms with Gasteiger partial charge in [0, 0.05) is 6.07 Å². The molecular formula is C17H24N2O2. The van der Waals surface area contributed by atoms with Crippen LogP contribution in [0.15, 0.2) is 23.0 Å². The fourth-order valence-corrected chi connectivity index (χ4v) is 2.47. The molecule has 1 aromatic carbocycles. The summed E-state index contributed by atoms with van der Waals surface area (Å²) >= 11 is 0. The number of hydrogen-bond donors (Lipinski definition) is 1. The number of rotatable bonds is 8. The number of hydrogen-bond acceptors (Lipinski definition) is 3. The van der Waals surface area contributed by atoms with Gasteiger partial charge in [-0.25, -0.2) is 4.98 Å². The quantitative estimate of drug-likeness (QED) is 0.751. The van der Waals surface area contributed by atoms with E-state index in [4.69, 9.17) is 4.74 Å². The molecule has 0 aliphatic rings. The number of unbranched alkanes of at least 4 members (excludes halogenated alkanes) is 5. The highest BCUT2D eigenvalue weighted by atomic mass is 16.5. The van der Waals surface area contributed by atoms with Crippen molar-refractivity contribution < 1.29 is 4.74 Å². The largest absolute Gasteiger partial charge is 0.497 e. The van der Waals surface area contributed by atoms with E-state index in [1.807, 2.05) is 12.1 Å². The summed E-state index contributed by atoms with van der Waals surface area (Å²) in [6.07, 6.45) is 8.05. The second-order valence-corrected chi connectivity index (χ2v) is 5.41. The molecule has 114 valence electrons. The van der Waals surface area contributed by atoms with Crippen LogP contribution in [0.3, 0.4) is 0 Å². The molecule has 0 aliphatic heterocycles. The number of methoxy groups -OCH3 is 1. The van der Waals surface area contributed by atoms with E-state index in [1.165, 1.54) is 32.1 Å². The highest BCUT2D eigenvalue weighted by molar-refractivity contribution is 5.75. The minimum Gasteiger partial charge on any atom is -0.497 e. The molecule has 1 heterocycles. The Balaban J connectivity index is 2.00. The molecule has 0 fully saturated rings. The number of aromatic nitrogens is 2. The molecule has 0 atom stereocenters. The first-order chi connectivity index (χ1) is 10.2. The van der Waals surface area contributed by atoms with Crippen LogP contribution in [0.1, 0.15) is 51.1 Å². The molecule has 0 radical (unpaired) electrons. The summed E-state index contributed by atoms with van der Waals surface area (Å²) < 4.78 is 5.15. The first-order valence-electron chi connectivity index (χ1n) is 7.81. The van der Waals surface area contributed by atoms with Gasteiger partial charge >= 0.3 is 0 Å². The maximum atomic E-state index is 12.0. The van der Waals surface area contributed by atoms with Crippen molar-refractivity contribution in [1.82, 2.24) is 9.97 Å². The van der Waals surface area contributed by atoms with Crippen LogP contribution in [0.4, 0.5) is 0 Å². The second kappa shape index (κ2) is 7.81. The molecular weight excluding hydrogens is 264 g/mol. The normalized spacial score (nSPS) is 11.0. The van der Waals surface area contributed by atoms with Crippen LogP contribution in [0.2, 0.25) is 0 Å². The predicted molar refractivity (Wildman–Crippen MR) is 86.0 cm³/mol. The van der Waals surface area contributed by atoms with E-state index in [0.717, 1.165) is 29.6 Å². The Morgan fingerprint density at radius 1 is 1.14 bits per heavy atom. The summed E-state index contributed by atoms with van der Waals surface area (Å²) in [4.78, 5) is 19.4. The van der Waals surface area contributed by atoms with Crippen LogP contribution >= 0.6 is 0 Å². The van der Waals surface area contributed by atoms with Gasteiger partial charge in [0.05, 0.1) is 18.1 Å². The van der Waals surface area contributed by atoms with E-state index < -0.39 is 0 Å². The van der Waals surface area contributed by atoms with E-state index >= 15 is 0 Å². The van der Waals surface area contributed by atoms with Gasteiger partial charge in [-0.05, 0) is 25.0 Å². The van der Waals surface area contributed by atoms with Gasteiger partial charge in [-0.15, -0.1) is 0 Å². The number of nitrogens with zero attached hydrogens (tertiary/aromatic N) is 1. The monoisotopic (exact) mass is 288 g/mol. The predicted octanol–water partition coefficient (Wildman–Crippen LogP) is 3.83. The molecule has 21 heavy (non-hydrogen) atoms. The smallest absolute Gasteiger partial charge is 0.270 e. The minimum absolute atomic E-state index is 0.0793. The maximum Gasteiger partial charge on any atom is 0.270 e. The van der Waals surface area contributed by atoms with Crippen LogP contribution in [0, 0.1) is 0 Å². The van der Waals surface area contributed by atoms with E-state index in [-0.39, 0.29) is 5.56 Å². The van der Waals surface area contributed by atoms with E-state index in [9.17, 15) is 4.79 Å². The van der Waals surface area contributed by atoms with Crippen molar-refractivity contribution in [3.8, 4) is 5.75 Å². The number of fused-ring (bicyclic) bond motifs is 1. The number of aromatic amines is 1. The summed E-state index contributed by atoms with van der Waals surface area (Å²) in [5, 5.41) is 0. The second-order valence-electron chi connectivity index (χ2n) is 5.41. The molecule has 0 aliphatic carbocycles. The SMILES string of the molecule is CCCCCCCCc1nc2ccc(OC)cc2[nH]c1=O. The maximum absolute atomic E-state index is 12.0. The fraction of sp³-hybridized carbons (Fsp3) is 0.529. The summed E-state index contributed by atoms with van der Waals surface area (Å²) in [6, 6.07) is 5.55. The zero-order chi connectivity index (χ0) is 15.1. The third-order valence-electron chi connectivity index (χ3n) is 3.74. The van der Waals surface area contributed by atoms with E-state index in [2.05, 4.69) is 16.9 Å². The van der Waals surface area contributed by atoms with Crippen molar-refractivity contribution >= 4 is 11.0 Å². The van der Waals surface area contributed by atoms with Crippen molar-refractivity contribution in [3.63, 3.8) is 0 Å². The molecule has 1 aromatic heterocycles. The molecule has 2 aromatic rings. The van der Waals surface area contributed by atoms with Gasteiger partial charge in [0.15, 0.2) is 0 Å². The van der Waals surface area contributed by atoms with Crippen LogP contribution < -0.4 is 10.3 Å². The van der Waals surface area contributed by atoms with Crippen LogP contribution in [0.25, 0.3) is 11.0 Å². The van der Waals surface area contributed by atoms with Gasteiger partial charge in [-0.3, -0.25) is 4.79 Å². The minimum atomic E-state index is -0.0793. The first kappa shape index (κ1) is 15.5. The third-order valence-corrected chi connectivity index (χ3v) is 3.74. The van der Waals surface area contributed by atoms with Gasteiger partial charge in [0.2, 0.25) is 0 Å². The average molecular weight is 288 g/mol. The number of ether oxygens (including phenoxy) is 1. The average Bonchev–Trinajstić information content (AvgIpc) is 2.50. The summed E-state index contributed by atoms with van der Waals surface area (Å²) in [6.45, 7) is 2.22. The Labute approximate surface area is 125 Å². The zero-order valence-corrected chi connectivity index (χ0v) is 12.9. The molecule has 0 spiro atoms. The molecule has 1 N–H and O–H groups in total. The fourth-order valence-electron chi connectivity index (χ4n) is 2.47. The summed E-state index contributed by atoms with van der Waals surface area (Å²) in [5.41, 5.74) is 2.11. The van der Waals surface area contributed by atoms with Gasteiger partial charge in [0.25, 0.3) is 5.56 Å². The lowest BCUT2D eigenvalue weighted by atomic mass is 10.1. The third kappa shape index (κ3) is 4.31. The molecule has 0 unspecified atom stereocenters. The number of H-pyrrole nitrogens is 1. The zero-order valence-electron chi connectivity index (χ0n) is 12.9. The van der Waals surface area contributed by atoms with E-state index in [0.29, 0.717) is 5.69 Å². The summed E-state index contributed by atoms with van der Waals surface area (Å²) in [7, 11) is 1.61. The Morgan fingerprint density at radius 3 is 2.67 bits per heavy atom. The topological polar surface area (TPSA) is 55.0 Å². The molecule has 0 bridgehead atoms. The lowest BCUT2D eigenvalue weighted by molar-refractivity contribution is 0.415.